The summed E-state index contributed by atoms with van der Waals surface area (Å²) >= 11 is 8.46. The SMILES string of the molecule is COc1c(Br)cc(C(=O)Cl)cc1C=O. The molecule has 0 aliphatic heterocycles. The molecule has 0 N–H and O–H groups in total. The number of ether oxygens (including phenoxy) is 1. The third kappa shape index (κ3) is 2.13. The molecule has 0 radical (unpaired) electrons. The molecule has 1 aromatic carbocycles. The van der Waals surface area contributed by atoms with Crippen LogP contribution in [0.2, 0.25) is 0 Å². The first-order valence-electron chi connectivity index (χ1n) is 3.62. The fourth-order valence-electron chi connectivity index (χ4n) is 1.03. The molecule has 74 valence electrons. The second kappa shape index (κ2) is 4.57. The van der Waals surface area contributed by atoms with Gasteiger partial charge in [-0.2, -0.15) is 0 Å². The lowest BCUT2D eigenvalue weighted by Crippen LogP contribution is -1.96. The third-order valence-electron chi connectivity index (χ3n) is 1.63. The summed E-state index contributed by atoms with van der Waals surface area (Å²) in [6.45, 7) is 0. The number of carbonyl (C=O) groups is 2. The Bertz CT molecular complexity index is 390. The summed E-state index contributed by atoms with van der Waals surface area (Å²) in [5.74, 6) is 0.390. The Hall–Kier alpha value is -0.870. The molecule has 3 nitrogen and oxygen atoms in total. The van der Waals surface area contributed by atoms with Crippen LogP contribution in [0.3, 0.4) is 0 Å². The van der Waals surface area contributed by atoms with Gasteiger partial charge in [0.1, 0.15) is 5.75 Å². The van der Waals surface area contributed by atoms with Gasteiger partial charge in [-0.25, -0.2) is 0 Å². The number of aldehydes is 1. The van der Waals surface area contributed by atoms with Gasteiger partial charge in [-0.05, 0) is 39.7 Å². The van der Waals surface area contributed by atoms with Crippen molar-refractivity contribution in [1.29, 1.82) is 0 Å². The lowest BCUT2D eigenvalue weighted by atomic mass is 10.1. The summed E-state index contributed by atoms with van der Waals surface area (Å²) in [4.78, 5) is 21.5. The van der Waals surface area contributed by atoms with E-state index >= 15 is 0 Å². The zero-order chi connectivity index (χ0) is 10.7. The van der Waals surface area contributed by atoms with Gasteiger partial charge in [-0.1, -0.05) is 0 Å². The number of rotatable bonds is 3. The highest BCUT2D eigenvalue weighted by Crippen LogP contribution is 2.29. The molecule has 0 fully saturated rings. The maximum absolute atomic E-state index is 10.9. The summed E-state index contributed by atoms with van der Waals surface area (Å²) in [6.07, 6.45) is 0.604. The van der Waals surface area contributed by atoms with E-state index in [1.165, 1.54) is 19.2 Å². The Labute approximate surface area is 94.1 Å². The first-order chi connectivity index (χ1) is 6.60. The monoisotopic (exact) mass is 276 g/mol. The molecule has 0 aliphatic carbocycles. The van der Waals surface area contributed by atoms with E-state index in [9.17, 15) is 9.59 Å². The smallest absolute Gasteiger partial charge is 0.252 e. The van der Waals surface area contributed by atoms with Crippen LogP contribution in [0.15, 0.2) is 16.6 Å². The maximum atomic E-state index is 10.9. The van der Waals surface area contributed by atoms with Crippen molar-refractivity contribution < 1.29 is 14.3 Å². The first kappa shape index (κ1) is 11.2. The van der Waals surface area contributed by atoms with Crippen LogP contribution in [0.1, 0.15) is 20.7 Å². The largest absolute Gasteiger partial charge is 0.495 e. The Morgan fingerprint density at radius 2 is 2.21 bits per heavy atom. The molecule has 0 heterocycles. The maximum Gasteiger partial charge on any atom is 0.252 e. The van der Waals surface area contributed by atoms with Gasteiger partial charge < -0.3 is 4.74 Å². The zero-order valence-corrected chi connectivity index (χ0v) is 9.55. The molecule has 0 unspecified atom stereocenters. The summed E-state index contributed by atoms with van der Waals surface area (Å²) in [6, 6.07) is 2.88. The predicted molar refractivity (Wildman–Crippen MR) is 56.3 cm³/mol. The average Bonchev–Trinajstić information content (AvgIpc) is 2.16. The Balaban J connectivity index is 3.38. The van der Waals surface area contributed by atoms with Crippen LogP contribution in [-0.4, -0.2) is 18.6 Å². The Morgan fingerprint density at radius 3 is 2.64 bits per heavy atom. The molecule has 0 aromatic heterocycles. The molecular weight excluding hydrogens is 271 g/mol. The van der Waals surface area contributed by atoms with Crippen LogP contribution in [0.4, 0.5) is 0 Å². The second-order valence-corrected chi connectivity index (χ2v) is 3.67. The fourth-order valence-corrected chi connectivity index (χ4v) is 1.78. The van der Waals surface area contributed by atoms with E-state index in [2.05, 4.69) is 15.9 Å². The molecule has 0 bridgehead atoms. The van der Waals surface area contributed by atoms with Gasteiger partial charge in [0.05, 0.1) is 17.1 Å². The third-order valence-corrected chi connectivity index (χ3v) is 2.44. The van der Waals surface area contributed by atoms with E-state index in [-0.39, 0.29) is 11.1 Å². The minimum absolute atomic E-state index is 0.251. The second-order valence-electron chi connectivity index (χ2n) is 2.47. The molecule has 5 heteroatoms. The number of hydrogen-bond acceptors (Lipinski definition) is 3. The summed E-state index contributed by atoms with van der Waals surface area (Å²) < 4.78 is 5.49. The van der Waals surface area contributed by atoms with Crippen LogP contribution < -0.4 is 4.74 Å². The standard InChI is InChI=1S/C9H6BrClO3/c1-14-8-6(4-12)2-5(9(11)13)3-7(8)10/h2-4H,1H3. The zero-order valence-electron chi connectivity index (χ0n) is 7.21. The van der Waals surface area contributed by atoms with Crippen LogP contribution in [0.25, 0.3) is 0 Å². The van der Waals surface area contributed by atoms with Gasteiger partial charge in [0.25, 0.3) is 5.24 Å². The van der Waals surface area contributed by atoms with Crippen molar-refractivity contribution in [2.24, 2.45) is 0 Å². The van der Waals surface area contributed by atoms with Crippen LogP contribution in [0.5, 0.6) is 5.75 Å². The van der Waals surface area contributed by atoms with E-state index in [0.29, 0.717) is 16.5 Å². The summed E-state index contributed by atoms with van der Waals surface area (Å²) in [5.41, 5.74) is 0.535. The van der Waals surface area contributed by atoms with Gasteiger partial charge in [0.2, 0.25) is 0 Å². The lowest BCUT2D eigenvalue weighted by Gasteiger charge is -2.06. The molecule has 1 aromatic rings. The molecule has 0 saturated heterocycles. The number of benzene rings is 1. The highest BCUT2D eigenvalue weighted by Gasteiger charge is 2.12. The van der Waals surface area contributed by atoms with Gasteiger partial charge in [-0.3, -0.25) is 9.59 Å². The van der Waals surface area contributed by atoms with E-state index in [1.807, 2.05) is 0 Å². The van der Waals surface area contributed by atoms with Crippen molar-refractivity contribution in [3.05, 3.63) is 27.7 Å². The molecule has 0 spiro atoms. The summed E-state index contributed by atoms with van der Waals surface area (Å²) in [7, 11) is 1.44. The normalized spacial score (nSPS) is 9.64. The number of halogens is 2. The minimum atomic E-state index is -0.614. The minimum Gasteiger partial charge on any atom is -0.495 e. The van der Waals surface area contributed by atoms with E-state index in [1.54, 1.807) is 0 Å². The van der Waals surface area contributed by atoms with E-state index in [0.717, 1.165) is 0 Å². The number of hydrogen-bond donors (Lipinski definition) is 0. The Kier molecular flexibility index (Phi) is 3.66. The molecule has 14 heavy (non-hydrogen) atoms. The molecule has 0 amide bonds. The van der Waals surface area contributed by atoms with Crippen molar-refractivity contribution in [3.63, 3.8) is 0 Å². The van der Waals surface area contributed by atoms with E-state index in [4.69, 9.17) is 16.3 Å². The van der Waals surface area contributed by atoms with Crippen LogP contribution in [0, 0.1) is 0 Å². The highest BCUT2D eigenvalue weighted by atomic mass is 79.9. The van der Waals surface area contributed by atoms with Gasteiger partial charge in [0, 0.05) is 5.56 Å². The average molecular weight is 278 g/mol. The van der Waals surface area contributed by atoms with E-state index < -0.39 is 5.24 Å². The van der Waals surface area contributed by atoms with Crippen LogP contribution in [-0.2, 0) is 0 Å². The molecular formula is C9H6BrClO3. The molecule has 0 aliphatic rings. The quantitative estimate of drug-likeness (QED) is 0.630. The Morgan fingerprint density at radius 1 is 1.57 bits per heavy atom. The predicted octanol–water partition coefficient (Wildman–Crippen LogP) is 2.65. The summed E-state index contributed by atoms with van der Waals surface area (Å²) in [5, 5.41) is -0.614. The van der Waals surface area contributed by atoms with Crippen molar-refractivity contribution in [1.82, 2.24) is 0 Å². The van der Waals surface area contributed by atoms with Crippen molar-refractivity contribution in [2.75, 3.05) is 7.11 Å². The van der Waals surface area contributed by atoms with Crippen molar-refractivity contribution in [3.8, 4) is 5.75 Å². The van der Waals surface area contributed by atoms with Crippen LogP contribution >= 0.6 is 27.5 Å². The van der Waals surface area contributed by atoms with Crippen molar-refractivity contribution in [2.45, 2.75) is 0 Å². The van der Waals surface area contributed by atoms with Gasteiger partial charge in [-0.15, -0.1) is 0 Å². The molecule has 0 saturated carbocycles. The number of carbonyl (C=O) groups excluding carboxylic acids is 2. The van der Waals surface area contributed by atoms with Gasteiger partial charge >= 0.3 is 0 Å². The topological polar surface area (TPSA) is 43.4 Å². The lowest BCUT2D eigenvalue weighted by molar-refractivity contribution is 0.108. The van der Waals surface area contributed by atoms with Crippen molar-refractivity contribution >= 4 is 39.1 Å². The molecule has 1 rings (SSSR count). The fraction of sp³-hybridized carbons (Fsp3) is 0.111. The number of methoxy groups -OCH3 is 1. The highest BCUT2D eigenvalue weighted by molar-refractivity contribution is 9.10. The first-order valence-corrected chi connectivity index (χ1v) is 4.79. The molecule has 0 atom stereocenters. The van der Waals surface area contributed by atoms with Gasteiger partial charge in [0.15, 0.2) is 6.29 Å².